The van der Waals surface area contributed by atoms with Gasteiger partial charge in [0.05, 0.1) is 28.9 Å². The van der Waals surface area contributed by atoms with Gasteiger partial charge in [-0.1, -0.05) is 11.6 Å². The third-order valence-corrected chi connectivity index (χ3v) is 5.01. The molecule has 6 nitrogen and oxygen atoms in total. The Morgan fingerprint density at radius 1 is 1.24 bits per heavy atom. The zero-order valence-corrected chi connectivity index (χ0v) is 17.1. The van der Waals surface area contributed by atoms with Gasteiger partial charge in [0.1, 0.15) is 23.3 Å². The molecule has 0 amide bonds. The van der Waals surface area contributed by atoms with Crippen LogP contribution in [-0.2, 0) is 0 Å². The van der Waals surface area contributed by atoms with Crippen LogP contribution in [0.25, 0.3) is 10.9 Å². The summed E-state index contributed by atoms with van der Waals surface area (Å²) < 4.78 is 11.3. The van der Waals surface area contributed by atoms with Crippen molar-refractivity contribution in [2.75, 3.05) is 12.4 Å². The number of nitrogens with one attached hydrogen (secondary N) is 2. The number of pyridine rings is 1. The maximum absolute atomic E-state index is 9.36. The molecule has 2 N–H and O–H groups in total. The van der Waals surface area contributed by atoms with Crippen molar-refractivity contribution in [1.82, 2.24) is 10.3 Å². The van der Waals surface area contributed by atoms with Gasteiger partial charge in [0, 0.05) is 29.8 Å². The number of aromatic nitrogens is 1. The molecule has 1 aromatic heterocycles. The number of anilines is 1. The summed E-state index contributed by atoms with van der Waals surface area (Å²) in [5, 5.41) is 17.4. The minimum Gasteiger partial charge on any atom is -0.495 e. The normalized spacial score (nSPS) is 12.9. The van der Waals surface area contributed by atoms with Gasteiger partial charge in [0.2, 0.25) is 0 Å². The SMILES string of the molecule is COc1cc2nccc(Oc3ccc(NC(=S)NC4CC4)c(Cl)c3)c2cc1C#N. The summed E-state index contributed by atoms with van der Waals surface area (Å²) in [5.74, 6) is 1.60. The van der Waals surface area contributed by atoms with Crippen molar-refractivity contribution < 1.29 is 9.47 Å². The average Bonchev–Trinajstić information content (AvgIpc) is 3.53. The van der Waals surface area contributed by atoms with E-state index in [1.54, 1.807) is 36.5 Å². The first-order valence-corrected chi connectivity index (χ1v) is 9.78. The van der Waals surface area contributed by atoms with Gasteiger partial charge in [-0.05, 0) is 49.3 Å². The lowest BCUT2D eigenvalue weighted by molar-refractivity contribution is 0.414. The second-order valence-electron chi connectivity index (χ2n) is 6.61. The van der Waals surface area contributed by atoms with Crippen molar-refractivity contribution in [3.63, 3.8) is 0 Å². The van der Waals surface area contributed by atoms with E-state index < -0.39 is 0 Å². The van der Waals surface area contributed by atoms with Crippen LogP contribution < -0.4 is 20.1 Å². The standard InChI is InChI=1S/C21H17ClN4O2S/c1-27-20-10-18-15(8-12(20)11-23)19(6-7-24-18)28-14-4-5-17(16(22)9-14)26-21(29)25-13-2-3-13/h4-10,13H,2-3H2,1H3,(H2,25,26,29). The molecule has 0 aliphatic heterocycles. The number of rotatable bonds is 5. The predicted octanol–water partition coefficient (Wildman–Crippen LogP) is 5.01. The van der Waals surface area contributed by atoms with Gasteiger partial charge >= 0.3 is 0 Å². The van der Waals surface area contributed by atoms with Gasteiger partial charge in [-0.2, -0.15) is 5.26 Å². The first-order valence-electron chi connectivity index (χ1n) is 8.99. The fourth-order valence-corrected chi connectivity index (χ4v) is 3.35. The number of ether oxygens (including phenoxy) is 2. The Bertz CT molecular complexity index is 1140. The minimum atomic E-state index is 0.409. The number of methoxy groups -OCH3 is 1. The first kappa shape index (κ1) is 19.2. The highest BCUT2D eigenvalue weighted by Gasteiger charge is 2.22. The van der Waals surface area contributed by atoms with E-state index >= 15 is 0 Å². The van der Waals surface area contributed by atoms with Crippen molar-refractivity contribution in [2.24, 2.45) is 0 Å². The molecule has 1 aliphatic carbocycles. The van der Waals surface area contributed by atoms with E-state index in [1.807, 2.05) is 6.07 Å². The van der Waals surface area contributed by atoms with Crippen molar-refractivity contribution in [1.29, 1.82) is 5.26 Å². The number of fused-ring (bicyclic) bond motifs is 1. The Morgan fingerprint density at radius 2 is 2.07 bits per heavy atom. The lowest BCUT2D eigenvalue weighted by Gasteiger charge is -2.13. The molecule has 0 radical (unpaired) electrons. The largest absolute Gasteiger partial charge is 0.495 e. The van der Waals surface area contributed by atoms with E-state index in [-0.39, 0.29) is 0 Å². The lowest BCUT2D eigenvalue weighted by atomic mass is 10.1. The van der Waals surface area contributed by atoms with Crippen LogP contribution in [0.3, 0.4) is 0 Å². The summed E-state index contributed by atoms with van der Waals surface area (Å²) in [5.41, 5.74) is 1.78. The van der Waals surface area contributed by atoms with Crippen molar-refractivity contribution in [2.45, 2.75) is 18.9 Å². The highest BCUT2D eigenvalue weighted by atomic mass is 35.5. The maximum atomic E-state index is 9.36. The molecule has 1 fully saturated rings. The fourth-order valence-electron chi connectivity index (χ4n) is 2.85. The number of halogens is 1. The van der Waals surface area contributed by atoms with Crippen LogP contribution in [0.1, 0.15) is 18.4 Å². The molecule has 0 bridgehead atoms. The van der Waals surface area contributed by atoms with Crippen LogP contribution in [0.5, 0.6) is 17.2 Å². The van der Waals surface area contributed by atoms with E-state index in [2.05, 4.69) is 21.7 Å². The number of hydrogen-bond acceptors (Lipinski definition) is 5. The Labute approximate surface area is 178 Å². The monoisotopic (exact) mass is 424 g/mol. The molecule has 3 aromatic rings. The first-order chi connectivity index (χ1) is 14.1. The molecule has 146 valence electrons. The summed E-state index contributed by atoms with van der Waals surface area (Å²) in [4.78, 5) is 4.33. The molecule has 0 unspecified atom stereocenters. The van der Waals surface area contributed by atoms with Crippen LogP contribution in [0.15, 0.2) is 42.6 Å². The Balaban J connectivity index is 1.58. The van der Waals surface area contributed by atoms with Gasteiger partial charge in [-0.15, -0.1) is 0 Å². The molecular weight excluding hydrogens is 408 g/mol. The van der Waals surface area contributed by atoms with E-state index in [1.165, 1.54) is 7.11 Å². The molecule has 29 heavy (non-hydrogen) atoms. The Morgan fingerprint density at radius 3 is 2.76 bits per heavy atom. The maximum Gasteiger partial charge on any atom is 0.171 e. The van der Waals surface area contributed by atoms with Crippen molar-refractivity contribution in [3.05, 3.63) is 53.2 Å². The highest BCUT2D eigenvalue weighted by Crippen LogP contribution is 2.35. The molecule has 0 atom stereocenters. The van der Waals surface area contributed by atoms with Crippen LogP contribution >= 0.6 is 23.8 Å². The Kier molecular flexibility index (Phi) is 5.38. The molecule has 0 saturated heterocycles. The molecule has 0 spiro atoms. The van der Waals surface area contributed by atoms with Gasteiger partial charge < -0.3 is 20.1 Å². The Hall–Kier alpha value is -3.08. The number of thiocarbonyl (C=S) groups is 1. The minimum absolute atomic E-state index is 0.409. The predicted molar refractivity (Wildman–Crippen MR) is 117 cm³/mol. The summed E-state index contributed by atoms with van der Waals surface area (Å²) in [7, 11) is 1.52. The number of hydrogen-bond donors (Lipinski definition) is 2. The van der Waals surface area contributed by atoms with E-state index in [0.29, 0.717) is 55.6 Å². The summed E-state index contributed by atoms with van der Waals surface area (Å²) in [6.07, 6.45) is 3.92. The third-order valence-electron chi connectivity index (χ3n) is 4.47. The van der Waals surface area contributed by atoms with E-state index in [4.69, 9.17) is 33.3 Å². The summed E-state index contributed by atoms with van der Waals surface area (Å²) in [6, 6.07) is 13.1. The van der Waals surface area contributed by atoms with Gasteiger partial charge in [-0.3, -0.25) is 4.98 Å². The second kappa shape index (κ2) is 8.11. The summed E-state index contributed by atoms with van der Waals surface area (Å²) in [6.45, 7) is 0. The van der Waals surface area contributed by atoms with Crippen LogP contribution in [-0.4, -0.2) is 23.2 Å². The topological polar surface area (TPSA) is 79.2 Å². The highest BCUT2D eigenvalue weighted by molar-refractivity contribution is 7.80. The van der Waals surface area contributed by atoms with Gasteiger partial charge in [0.15, 0.2) is 5.11 Å². The molecule has 2 aromatic carbocycles. The van der Waals surface area contributed by atoms with Crippen LogP contribution in [0, 0.1) is 11.3 Å². The quantitative estimate of drug-likeness (QED) is 0.557. The zero-order valence-electron chi connectivity index (χ0n) is 15.5. The zero-order chi connectivity index (χ0) is 20.4. The number of nitriles is 1. The van der Waals surface area contributed by atoms with Gasteiger partial charge in [0.25, 0.3) is 0 Å². The summed E-state index contributed by atoms with van der Waals surface area (Å²) >= 11 is 11.7. The lowest BCUT2D eigenvalue weighted by Crippen LogP contribution is -2.30. The van der Waals surface area contributed by atoms with Crippen molar-refractivity contribution >= 4 is 45.5 Å². The van der Waals surface area contributed by atoms with Crippen LogP contribution in [0.2, 0.25) is 5.02 Å². The molecular formula is C21H17ClN4O2S. The molecule has 8 heteroatoms. The van der Waals surface area contributed by atoms with Gasteiger partial charge in [-0.25, -0.2) is 0 Å². The van der Waals surface area contributed by atoms with Crippen molar-refractivity contribution in [3.8, 4) is 23.3 Å². The molecule has 1 heterocycles. The second-order valence-corrected chi connectivity index (χ2v) is 7.42. The smallest absolute Gasteiger partial charge is 0.171 e. The molecule has 4 rings (SSSR count). The number of nitrogens with zero attached hydrogens (tertiary/aromatic N) is 2. The molecule has 1 saturated carbocycles. The van der Waals surface area contributed by atoms with E-state index in [9.17, 15) is 5.26 Å². The van der Waals surface area contributed by atoms with Crippen LogP contribution in [0.4, 0.5) is 5.69 Å². The fraction of sp³-hybridized carbons (Fsp3) is 0.190. The average molecular weight is 425 g/mol. The van der Waals surface area contributed by atoms with E-state index in [0.717, 1.165) is 12.8 Å². The third kappa shape index (κ3) is 4.34. The molecule has 1 aliphatic rings. The number of benzene rings is 2.